The van der Waals surface area contributed by atoms with E-state index in [1.54, 1.807) is 7.11 Å². The van der Waals surface area contributed by atoms with Crippen molar-refractivity contribution in [2.24, 2.45) is 0 Å². The van der Waals surface area contributed by atoms with Crippen LogP contribution in [0.25, 0.3) is 0 Å². The Morgan fingerprint density at radius 1 is 1.19 bits per heavy atom. The largest absolute Gasteiger partial charge is 0.493 e. The molecule has 1 heterocycles. The number of carbonyl (C=O) groups is 1. The molecule has 0 unspecified atom stereocenters. The normalized spacial score (nSPS) is 11.6. The topological polar surface area (TPSA) is 78.3 Å². The molecule has 140 valence electrons. The molecule has 7 heteroatoms. The van der Waals surface area contributed by atoms with E-state index in [1.807, 2.05) is 55.5 Å². The molecule has 0 aliphatic carbocycles. The fourth-order valence-corrected chi connectivity index (χ4v) is 2.64. The number of nitrogens with zero attached hydrogens (tertiary/aromatic N) is 3. The minimum Gasteiger partial charge on any atom is -0.493 e. The number of rotatable bonds is 8. The van der Waals surface area contributed by atoms with Crippen molar-refractivity contribution in [1.29, 1.82) is 0 Å². The number of hydrogen-bond acceptors (Lipinski definition) is 5. The fourth-order valence-electron chi connectivity index (χ4n) is 2.64. The van der Waals surface area contributed by atoms with Crippen LogP contribution in [0.3, 0.4) is 0 Å². The minimum absolute atomic E-state index is 0.125. The fraction of sp³-hybridized carbons (Fsp3) is 0.250. The minimum atomic E-state index is -0.182. The summed E-state index contributed by atoms with van der Waals surface area (Å²) in [6.45, 7) is 2.50. The summed E-state index contributed by atoms with van der Waals surface area (Å²) in [5, 5.41) is 6.87. The number of amides is 1. The molecule has 3 aromatic rings. The highest BCUT2D eigenvalue weighted by Crippen LogP contribution is 2.31. The molecule has 0 radical (unpaired) electrons. The zero-order chi connectivity index (χ0) is 19.1. The molecule has 2 aromatic carbocycles. The van der Waals surface area contributed by atoms with Gasteiger partial charge in [0.25, 0.3) is 0 Å². The first-order valence-electron chi connectivity index (χ1n) is 8.62. The van der Waals surface area contributed by atoms with Crippen molar-refractivity contribution in [3.63, 3.8) is 0 Å². The summed E-state index contributed by atoms with van der Waals surface area (Å²) in [5.41, 5.74) is 2.00. The summed E-state index contributed by atoms with van der Waals surface area (Å²) in [5.74, 6) is 1.14. The summed E-state index contributed by atoms with van der Waals surface area (Å²) < 4.78 is 12.8. The Morgan fingerprint density at radius 3 is 2.70 bits per heavy atom. The van der Waals surface area contributed by atoms with Gasteiger partial charge >= 0.3 is 0 Å². The number of hydrogen-bond donors (Lipinski definition) is 1. The SMILES string of the molecule is COc1cc([C@H](C)NC(=O)Cn2cncn2)ccc1OCc1ccccc1. The first-order chi connectivity index (χ1) is 13.2. The van der Waals surface area contributed by atoms with Gasteiger partial charge in [0.1, 0.15) is 25.8 Å². The Hall–Kier alpha value is -3.35. The maximum Gasteiger partial charge on any atom is 0.242 e. The Labute approximate surface area is 158 Å². The van der Waals surface area contributed by atoms with Crippen LogP contribution in [0.4, 0.5) is 0 Å². The number of methoxy groups -OCH3 is 1. The third kappa shape index (κ3) is 5.07. The Bertz CT molecular complexity index is 866. The van der Waals surface area contributed by atoms with Gasteiger partial charge in [0.05, 0.1) is 13.2 Å². The van der Waals surface area contributed by atoms with Crippen LogP contribution in [0.15, 0.2) is 61.2 Å². The van der Waals surface area contributed by atoms with E-state index in [0.717, 1.165) is 11.1 Å². The smallest absolute Gasteiger partial charge is 0.242 e. The summed E-state index contributed by atoms with van der Waals surface area (Å²) in [6.07, 6.45) is 2.90. The van der Waals surface area contributed by atoms with E-state index >= 15 is 0 Å². The summed E-state index contributed by atoms with van der Waals surface area (Å²) in [7, 11) is 1.60. The lowest BCUT2D eigenvalue weighted by atomic mass is 10.1. The van der Waals surface area contributed by atoms with Gasteiger partial charge in [-0.25, -0.2) is 9.67 Å². The predicted octanol–water partition coefficient (Wildman–Crippen LogP) is 2.74. The van der Waals surface area contributed by atoms with Gasteiger partial charge in [-0.1, -0.05) is 36.4 Å². The number of carbonyl (C=O) groups excluding carboxylic acids is 1. The first-order valence-corrected chi connectivity index (χ1v) is 8.62. The number of ether oxygens (including phenoxy) is 2. The van der Waals surface area contributed by atoms with Gasteiger partial charge in [0.2, 0.25) is 5.91 Å². The highest BCUT2D eigenvalue weighted by molar-refractivity contribution is 5.76. The van der Waals surface area contributed by atoms with Crippen LogP contribution in [0.2, 0.25) is 0 Å². The van der Waals surface area contributed by atoms with Crippen LogP contribution < -0.4 is 14.8 Å². The lowest BCUT2D eigenvalue weighted by Crippen LogP contribution is -2.30. The van der Waals surface area contributed by atoms with Gasteiger partial charge in [0.15, 0.2) is 11.5 Å². The van der Waals surface area contributed by atoms with Crippen molar-refractivity contribution in [1.82, 2.24) is 20.1 Å². The van der Waals surface area contributed by atoms with Crippen molar-refractivity contribution in [2.75, 3.05) is 7.11 Å². The second kappa shape index (κ2) is 8.84. The van der Waals surface area contributed by atoms with Crippen LogP contribution in [0, 0.1) is 0 Å². The van der Waals surface area contributed by atoms with Gasteiger partial charge in [-0.3, -0.25) is 4.79 Å². The Kier molecular flexibility index (Phi) is 6.04. The monoisotopic (exact) mass is 366 g/mol. The van der Waals surface area contributed by atoms with Crippen molar-refractivity contribution in [3.8, 4) is 11.5 Å². The molecule has 0 fully saturated rings. The van der Waals surface area contributed by atoms with Crippen molar-refractivity contribution in [2.45, 2.75) is 26.1 Å². The molecule has 0 saturated heterocycles. The summed E-state index contributed by atoms with van der Waals surface area (Å²) >= 11 is 0. The predicted molar refractivity (Wildman–Crippen MR) is 100 cm³/mol. The maximum atomic E-state index is 12.1. The van der Waals surface area contributed by atoms with Crippen LogP contribution in [0.1, 0.15) is 24.1 Å². The molecule has 0 aliphatic heterocycles. The molecular weight excluding hydrogens is 344 g/mol. The van der Waals surface area contributed by atoms with Gasteiger partial charge in [-0.05, 0) is 30.2 Å². The third-order valence-electron chi connectivity index (χ3n) is 4.07. The zero-order valence-electron chi connectivity index (χ0n) is 15.3. The second-order valence-corrected chi connectivity index (χ2v) is 6.07. The molecule has 7 nitrogen and oxygen atoms in total. The van der Waals surface area contributed by atoms with E-state index in [-0.39, 0.29) is 18.5 Å². The average Bonchev–Trinajstić information content (AvgIpc) is 3.19. The van der Waals surface area contributed by atoms with Crippen LogP contribution >= 0.6 is 0 Å². The summed E-state index contributed by atoms with van der Waals surface area (Å²) in [6, 6.07) is 15.4. The van der Waals surface area contributed by atoms with Gasteiger partial charge in [-0.2, -0.15) is 5.10 Å². The molecule has 0 saturated carbocycles. The zero-order valence-corrected chi connectivity index (χ0v) is 15.3. The third-order valence-corrected chi connectivity index (χ3v) is 4.07. The van der Waals surface area contributed by atoms with E-state index < -0.39 is 0 Å². The van der Waals surface area contributed by atoms with Gasteiger partial charge < -0.3 is 14.8 Å². The second-order valence-electron chi connectivity index (χ2n) is 6.07. The molecule has 1 N–H and O–H groups in total. The maximum absolute atomic E-state index is 12.1. The van der Waals surface area contributed by atoms with Crippen LogP contribution in [-0.4, -0.2) is 27.8 Å². The quantitative estimate of drug-likeness (QED) is 0.663. The molecule has 1 aromatic heterocycles. The van der Waals surface area contributed by atoms with Crippen molar-refractivity contribution < 1.29 is 14.3 Å². The molecule has 3 rings (SSSR count). The molecule has 1 amide bonds. The molecular formula is C20H22N4O3. The number of nitrogens with one attached hydrogen (secondary N) is 1. The van der Waals surface area contributed by atoms with E-state index in [9.17, 15) is 4.79 Å². The molecule has 27 heavy (non-hydrogen) atoms. The van der Waals surface area contributed by atoms with E-state index in [4.69, 9.17) is 9.47 Å². The molecule has 0 bridgehead atoms. The van der Waals surface area contributed by atoms with Gasteiger partial charge in [0, 0.05) is 0 Å². The van der Waals surface area contributed by atoms with E-state index in [0.29, 0.717) is 18.1 Å². The Balaban J connectivity index is 1.63. The van der Waals surface area contributed by atoms with E-state index in [2.05, 4.69) is 15.4 Å². The van der Waals surface area contributed by atoms with Crippen molar-refractivity contribution >= 4 is 5.91 Å². The van der Waals surface area contributed by atoms with E-state index in [1.165, 1.54) is 17.3 Å². The summed E-state index contributed by atoms with van der Waals surface area (Å²) in [4.78, 5) is 15.9. The molecule has 0 spiro atoms. The van der Waals surface area contributed by atoms with Gasteiger partial charge in [-0.15, -0.1) is 0 Å². The lowest BCUT2D eigenvalue weighted by Gasteiger charge is -2.17. The average molecular weight is 366 g/mol. The number of aromatic nitrogens is 3. The Morgan fingerprint density at radius 2 is 2.00 bits per heavy atom. The highest BCUT2D eigenvalue weighted by atomic mass is 16.5. The first kappa shape index (κ1) is 18.4. The van der Waals surface area contributed by atoms with Crippen LogP contribution in [-0.2, 0) is 17.9 Å². The lowest BCUT2D eigenvalue weighted by molar-refractivity contribution is -0.122. The number of benzene rings is 2. The van der Waals surface area contributed by atoms with Crippen molar-refractivity contribution in [3.05, 3.63) is 72.3 Å². The highest BCUT2D eigenvalue weighted by Gasteiger charge is 2.13. The standard InChI is InChI=1S/C20H22N4O3/c1-15(23-20(25)11-24-14-21-13-22-24)17-8-9-18(19(10-17)26-2)27-12-16-6-4-3-5-7-16/h3-10,13-15H,11-12H2,1-2H3,(H,23,25)/t15-/m0/s1. The van der Waals surface area contributed by atoms with Crippen LogP contribution in [0.5, 0.6) is 11.5 Å². The molecule has 0 aliphatic rings. The molecule has 1 atom stereocenters.